The largest absolute Gasteiger partial charge is 0.478 e. The number of sulfonamides is 1. The van der Waals surface area contributed by atoms with Crippen molar-refractivity contribution in [2.75, 3.05) is 25.5 Å². The molecular weight excluding hydrogens is 424 g/mol. The van der Waals surface area contributed by atoms with Crippen LogP contribution in [0.2, 0.25) is 0 Å². The van der Waals surface area contributed by atoms with E-state index in [2.05, 4.69) is 24.7 Å². The van der Waals surface area contributed by atoms with Gasteiger partial charge in [0, 0.05) is 12.4 Å². The topological polar surface area (TPSA) is 128 Å². The number of H-pyrrole nitrogens is 1. The van der Waals surface area contributed by atoms with E-state index in [1.165, 1.54) is 26.5 Å². The van der Waals surface area contributed by atoms with Crippen molar-refractivity contribution in [3.63, 3.8) is 0 Å². The van der Waals surface area contributed by atoms with Crippen molar-refractivity contribution < 1.29 is 31.4 Å². The average Bonchev–Trinajstić information content (AvgIpc) is 3.23. The van der Waals surface area contributed by atoms with Gasteiger partial charge in [-0.1, -0.05) is 6.07 Å². The molecule has 3 aromatic rings. The molecule has 0 aliphatic rings. The lowest BCUT2D eigenvalue weighted by Gasteiger charge is -2.14. The lowest BCUT2D eigenvalue weighted by Crippen LogP contribution is -2.16. The molecular formula is C17H17F2N5O5S. The summed E-state index contributed by atoms with van der Waals surface area (Å²) in [6.45, 7) is -0.944. The van der Waals surface area contributed by atoms with Gasteiger partial charge < -0.3 is 19.2 Å². The Morgan fingerprint density at radius 1 is 1.17 bits per heavy atom. The molecule has 0 aliphatic carbocycles. The molecule has 3 aromatic heterocycles. The molecule has 13 heteroatoms. The number of aromatic nitrogens is 4. The first-order valence-corrected chi connectivity index (χ1v) is 9.86. The molecule has 0 saturated carbocycles. The minimum absolute atomic E-state index is 0.0947. The second kappa shape index (κ2) is 8.90. The summed E-state index contributed by atoms with van der Waals surface area (Å²) in [5.41, 5.74) is 1.04. The van der Waals surface area contributed by atoms with Crippen molar-refractivity contribution in [2.45, 2.75) is 11.3 Å². The van der Waals surface area contributed by atoms with Crippen molar-refractivity contribution in [3.05, 3.63) is 36.7 Å². The average molecular weight is 441 g/mol. The predicted octanol–water partition coefficient (Wildman–Crippen LogP) is 2.33. The quantitative estimate of drug-likeness (QED) is 0.518. The Morgan fingerprint density at radius 3 is 2.43 bits per heavy atom. The second-order valence-corrected chi connectivity index (χ2v) is 7.35. The highest BCUT2D eigenvalue weighted by Crippen LogP contribution is 2.35. The summed E-state index contributed by atoms with van der Waals surface area (Å²) in [5, 5.41) is 0. The lowest BCUT2D eigenvalue weighted by molar-refractivity contribution is 0.0781. The number of aromatic amines is 1. The zero-order valence-corrected chi connectivity index (χ0v) is 16.6. The Hall–Kier alpha value is -3.48. The molecule has 10 nitrogen and oxygen atoms in total. The van der Waals surface area contributed by atoms with E-state index in [4.69, 9.17) is 14.2 Å². The molecule has 0 radical (unpaired) electrons. The predicted molar refractivity (Wildman–Crippen MR) is 101 cm³/mol. The summed E-state index contributed by atoms with van der Waals surface area (Å²) >= 11 is 0. The van der Waals surface area contributed by atoms with Crippen LogP contribution in [0.3, 0.4) is 0 Å². The Morgan fingerprint density at radius 2 is 1.87 bits per heavy atom. The summed E-state index contributed by atoms with van der Waals surface area (Å²) in [6, 6.07) is 6.60. The molecule has 0 unspecified atom stereocenters. The van der Waals surface area contributed by atoms with Gasteiger partial charge in [0.1, 0.15) is 11.5 Å². The number of pyridine rings is 1. The molecule has 0 bridgehead atoms. The number of hydrogen-bond acceptors (Lipinski definition) is 8. The zero-order chi connectivity index (χ0) is 21.7. The number of hydrogen-bond donors (Lipinski definition) is 2. The Balaban J connectivity index is 1.88. The summed E-state index contributed by atoms with van der Waals surface area (Å²) in [4.78, 5) is 14.6. The fourth-order valence-electron chi connectivity index (χ4n) is 2.38. The fourth-order valence-corrected chi connectivity index (χ4v) is 3.32. The molecule has 0 fully saturated rings. The van der Waals surface area contributed by atoms with Crippen LogP contribution in [0, 0.1) is 0 Å². The van der Waals surface area contributed by atoms with E-state index >= 15 is 0 Å². The number of nitrogens with zero attached hydrogens (tertiary/aromatic N) is 3. The molecule has 0 aliphatic heterocycles. The van der Waals surface area contributed by atoms with E-state index in [1.54, 1.807) is 24.4 Å². The number of halogens is 2. The van der Waals surface area contributed by atoms with Crippen molar-refractivity contribution in [2.24, 2.45) is 0 Å². The zero-order valence-electron chi connectivity index (χ0n) is 15.8. The van der Waals surface area contributed by atoms with Gasteiger partial charge in [-0.2, -0.15) is 9.97 Å². The number of rotatable bonds is 9. The molecule has 2 N–H and O–H groups in total. The number of alkyl halides is 2. The molecule has 30 heavy (non-hydrogen) atoms. The summed E-state index contributed by atoms with van der Waals surface area (Å²) in [5.74, 6) is -1.22. The lowest BCUT2D eigenvalue weighted by atomic mass is 10.3. The van der Waals surface area contributed by atoms with Crippen LogP contribution < -0.4 is 18.9 Å². The van der Waals surface area contributed by atoms with E-state index in [0.29, 0.717) is 11.4 Å². The van der Waals surface area contributed by atoms with Crippen molar-refractivity contribution in [1.82, 2.24) is 19.9 Å². The SMILES string of the molecule is COc1nc(NS(=O)(=O)c2c[nH]c(-c3ccccn3)c2)nc(OC)c1OCC(F)F. The summed E-state index contributed by atoms with van der Waals surface area (Å²) in [7, 11) is -1.68. The van der Waals surface area contributed by atoms with E-state index in [1.807, 2.05) is 0 Å². The first-order valence-electron chi connectivity index (χ1n) is 8.37. The third-order valence-corrected chi connectivity index (χ3v) is 4.98. The monoisotopic (exact) mass is 441 g/mol. The molecule has 0 aromatic carbocycles. The van der Waals surface area contributed by atoms with Crippen LogP contribution >= 0.6 is 0 Å². The van der Waals surface area contributed by atoms with Crippen LogP contribution in [-0.2, 0) is 10.0 Å². The van der Waals surface area contributed by atoms with Crippen molar-refractivity contribution in [3.8, 4) is 28.9 Å². The molecule has 0 atom stereocenters. The summed E-state index contributed by atoms with van der Waals surface area (Å²) in [6.07, 6.45) is 0.104. The molecule has 3 rings (SSSR count). The first-order chi connectivity index (χ1) is 14.3. The van der Waals surface area contributed by atoms with E-state index in [0.717, 1.165) is 0 Å². The maximum atomic E-state index is 12.7. The van der Waals surface area contributed by atoms with Crippen molar-refractivity contribution in [1.29, 1.82) is 0 Å². The van der Waals surface area contributed by atoms with E-state index < -0.39 is 29.0 Å². The van der Waals surface area contributed by atoms with Gasteiger partial charge in [-0.3, -0.25) is 4.98 Å². The van der Waals surface area contributed by atoms with Gasteiger partial charge in [0.05, 0.1) is 25.6 Å². The Kier molecular flexibility index (Phi) is 6.30. The van der Waals surface area contributed by atoms with Crippen LogP contribution in [-0.4, -0.2) is 55.6 Å². The minimum atomic E-state index is -4.09. The van der Waals surface area contributed by atoms with Gasteiger partial charge >= 0.3 is 0 Å². The minimum Gasteiger partial charge on any atom is -0.478 e. The van der Waals surface area contributed by atoms with Crippen LogP contribution in [0.5, 0.6) is 17.5 Å². The van der Waals surface area contributed by atoms with Crippen LogP contribution in [0.15, 0.2) is 41.6 Å². The molecule has 0 amide bonds. The molecule has 0 saturated heterocycles. The third kappa shape index (κ3) is 4.74. The van der Waals surface area contributed by atoms with Gasteiger partial charge in [0.25, 0.3) is 28.2 Å². The Bertz CT molecular complexity index is 1080. The highest BCUT2D eigenvalue weighted by atomic mass is 32.2. The van der Waals surface area contributed by atoms with E-state index in [9.17, 15) is 17.2 Å². The number of nitrogens with one attached hydrogen (secondary N) is 2. The molecule has 160 valence electrons. The standard InChI is InChI=1S/C17H17F2N5O5S/c1-27-15-14(29-9-13(18)19)16(28-2)23-17(22-15)24-30(25,26)10-7-12(21-8-10)11-5-3-4-6-20-11/h3-8,13,21H,9H2,1-2H3,(H,22,23,24). The number of anilines is 1. The van der Waals surface area contributed by atoms with Gasteiger partial charge in [-0.25, -0.2) is 21.9 Å². The van der Waals surface area contributed by atoms with E-state index in [-0.39, 0.29) is 22.4 Å². The number of ether oxygens (including phenoxy) is 3. The maximum Gasteiger partial charge on any atom is 0.272 e. The van der Waals surface area contributed by atoms with Gasteiger partial charge in [-0.05, 0) is 18.2 Å². The number of methoxy groups -OCH3 is 2. The fraction of sp³-hybridized carbons (Fsp3) is 0.235. The van der Waals surface area contributed by atoms with Crippen LogP contribution in [0.1, 0.15) is 0 Å². The Labute approximate surface area is 170 Å². The van der Waals surface area contributed by atoms with Crippen LogP contribution in [0.25, 0.3) is 11.4 Å². The van der Waals surface area contributed by atoms with Crippen LogP contribution in [0.4, 0.5) is 14.7 Å². The van der Waals surface area contributed by atoms with Crippen molar-refractivity contribution >= 4 is 16.0 Å². The smallest absolute Gasteiger partial charge is 0.272 e. The third-order valence-electron chi connectivity index (χ3n) is 3.68. The normalized spacial score (nSPS) is 11.4. The highest BCUT2D eigenvalue weighted by Gasteiger charge is 2.23. The highest BCUT2D eigenvalue weighted by molar-refractivity contribution is 7.92. The second-order valence-electron chi connectivity index (χ2n) is 5.67. The maximum absolute atomic E-state index is 12.7. The summed E-state index contributed by atoms with van der Waals surface area (Å²) < 4.78 is 67.4. The molecule has 0 spiro atoms. The molecule has 3 heterocycles. The van der Waals surface area contributed by atoms with Gasteiger partial charge in [0.2, 0.25) is 11.7 Å². The first kappa shape index (κ1) is 21.2. The van der Waals surface area contributed by atoms with Gasteiger partial charge in [-0.15, -0.1) is 0 Å². The van der Waals surface area contributed by atoms with Gasteiger partial charge in [0.15, 0.2) is 0 Å².